The minimum atomic E-state index is -0.0964. The molecule has 0 aliphatic carbocycles. The molecule has 0 N–H and O–H groups in total. The van der Waals surface area contributed by atoms with Gasteiger partial charge in [0.15, 0.2) is 0 Å². The Labute approximate surface area is 225 Å². The van der Waals surface area contributed by atoms with E-state index >= 15 is 0 Å². The van der Waals surface area contributed by atoms with E-state index in [1.165, 1.54) is 19.3 Å². The fourth-order valence-electron chi connectivity index (χ4n) is 5.77. The number of piperidine rings is 1. The van der Waals surface area contributed by atoms with Gasteiger partial charge in [-0.25, -0.2) is 4.98 Å². The molecule has 3 aromatic rings. The lowest BCUT2D eigenvalue weighted by atomic mass is 10.0. The number of carbonyl (C=O) groups excluding carboxylic acids is 1. The number of imidazole rings is 1. The van der Waals surface area contributed by atoms with E-state index in [2.05, 4.69) is 15.7 Å². The maximum Gasteiger partial charge on any atom is 0.227 e. The number of rotatable bonds is 9. The summed E-state index contributed by atoms with van der Waals surface area (Å²) in [6.07, 6.45) is 6.57. The minimum Gasteiger partial charge on any atom is -0.497 e. The molecule has 2 atom stereocenters. The van der Waals surface area contributed by atoms with Crippen LogP contribution in [0.3, 0.4) is 0 Å². The van der Waals surface area contributed by atoms with Crippen molar-refractivity contribution >= 4 is 5.91 Å². The van der Waals surface area contributed by atoms with Crippen LogP contribution in [0.1, 0.15) is 43.1 Å². The number of hydrogen-bond donors (Lipinski definition) is 0. The first-order valence-electron chi connectivity index (χ1n) is 13.4. The lowest BCUT2D eigenvalue weighted by Crippen LogP contribution is -2.37. The summed E-state index contributed by atoms with van der Waals surface area (Å²) < 4.78 is 18.7. The Bertz CT molecular complexity index is 1270. The third-order valence-corrected chi connectivity index (χ3v) is 7.91. The Balaban J connectivity index is 1.49. The minimum absolute atomic E-state index is 0.0101. The molecule has 0 spiro atoms. The Morgan fingerprint density at radius 1 is 0.947 bits per heavy atom. The van der Waals surface area contributed by atoms with Crippen LogP contribution in [-0.4, -0.2) is 73.3 Å². The summed E-state index contributed by atoms with van der Waals surface area (Å²) >= 11 is 0. The summed E-state index contributed by atoms with van der Waals surface area (Å²) in [6.45, 7) is 3.57. The van der Waals surface area contributed by atoms with Gasteiger partial charge in [-0.3, -0.25) is 4.79 Å². The molecule has 0 unspecified atom stereocenters. The summed E-state index contributed by atoms with van der Waals surface area (Å²) in [5.74, 6) is 3.37. The zero-order valence-corrected chi connectivity index (χ0v) is 22.9. The first kappa shape index (κ1) is 26.1. The highest BCUT2D eigenvalue weighted by molar-refractivity contribution is 5.81. The van der Waals surface area contributed by atoms with Crippen LogP contribution in [0.25, 0.3) is 11.3 Å². The maximum atomic E-state index is 13.4. The van der Waals surface area contributed by atoms with E-state index in [4.69, 9.17) is 19.2 Å². The van der Waals surface area contributed by atoms with Crippen molar-refractivity contribution in [3.8, 4) is 28.5 Å². The van der Waals surface area contributed by atoms with Crippen LogP contribution in [-0.2, 0) is 11.3 Å². The molecule has 0 radical (unpaired) electrons. The molecule has 2 saturated heterocycles. The lowest BCUT2D eigenvalue weighted by molar-refractivity contribution is -0.131. The average molecular weight is 519 g/mol. The maximum absolute atomic E-state index is 13.4. The predicted molar refractivity (Wildman–Crippen MR) is 147 cm³/mol. The number of carbonyl (C=O) groups is 1. The Morgan fingerprint density at radius 3 is 2.45 bits per heavy atom. The van der Waals surface area contributed by atoms with Crippen molar-refractivity contribution in [3.05, 3.63) is 60.0 Å². The Hall–Kier alpha value is -3.52. The van der Waals surface area contributed by atoms with Crippen molar-refractivity contribution in [3.63, 3.8) is 0 Å². The topological polar surface area (TPSA) is 69.1 Å². The lowest BCUT2D eigenvalue weighted by Gasteiger charge is -2.28. The van der Waals surface area contributed by atoms with Gasteiger partial charge in [0.2, 0.25) is 5.91 Å². The normalized spacial score (nSPS) is 20.1. The summed E-state index contributed by atoms with van der Waals surface area (Å²) in [5.41, 5.74) is 2.84. The van der Waals surface area contributed by atoms with E-state index in [9.17, 15) is 4.79 Å². The molecule has 2 fully saturated rings. The van der Waals surface area contributed by atoms with Crippen LogP contribution >= 0.6 is 0 Å². The molecular weight excluding hydrogens is 480 g/mol. The van der Waals surface area contributed by atoms with E-state index in [1.54, 1.807) is 21.3 Å². The number of methoxy groups -OCH3 is 3. The molecule has 8 heteroatoms. The summed E-state index contributed by atoms with van der Waals surface area (Å²) in [7, 11) is 6.90. The number of aromatic nitrogens is 2. The van der Waals surface area contributed by atoms with Crippen molar-refractivity contribution in [1.82, 2.24) is 19.4 Å². The number of hydrogen-bond acceptors (Lipinski definition) is 6. The summed E-state index contributed by atoms with van der Waals surface area (Å²) in [6, 6.07) is 13.7. The average Bonchev–Trinajstić information content (AvgIpc) is 3.50. The van der Waals surface area contributed by atoms with E-state index in [0.29, 0.717) is 6.54 Å². The largest absolute Gasteiger partial charge is 0.497 e. The molecule has 5 rings (SSSR count). The number of likely N-dealkylation sites (tertiary alicyclic amines) is 2. The fraction of sp³-hybridized carbons (Fsp3) is 0.467. The summed E-state index contributed by atoms with van der Waals surface area (Å²) in [4.78, 5) is 22.9. The monoisotopic (exact) mass is 518 g/mol. The van der Waals surface area contributed by atoms with Gasteiger partial charge in [-0.2, -0.15) is 0 Å². The van der Waals surface area contributed by atoms with E-state index in [0.717, 1.165) is 65.9 Å². The van der Waals surface area contributed by atoms with Crippen molar-refractivity contribution < 1.29 is 19.0 Å². The Morgan fingerprint density at radius 2 is 1.71 bits per heavy atom. The van der Waals surface area contributed by atoms with Gasteiger partial charge < -0.3 is 28.6 Å². The first-order chi connectivity index (χ1) is 18.5. The number of amides is 1. The Kier molecular flexibility index (Phi) is 7.88. The van der Waals surface area contributed by atoms with Crippen molar-refractivity contribution in [2.45, 2.75) is 38.3 Å². The smallest absolute Gasteiger partial charge is 0.227 e. The number of nitrogens with zero attached hydrogens (tertiary/aromatic N) is 4. The van der Waals surface area contributed by atoms with Gasteiger partial charge in [-0.15, -0.1) is 0 Å². The van der Waals surface area contributed by atoms with Crippen LogP contribution in [0.4, 0.5) is 0 Å². The molecule has 0 bridgehead atoms. The zero-order valence-electron chi connectivity index (χ0n) is 22.9. The highest BCUT2D eigenvalue weighted by Gasteiger charge is 2.41. The second-order valence-corrected chi connectivity index (χ2v) is 10.3. The molecule has 1 aromatic heterocycles. The second-order valence-electron chi connectivity index (χ2n) is 10.3. The first-order valence-corrected chi connectivity index (χ1v) is 13.4. The summed E-state index contributed by atoms with van der Waals surface area (Å²) in [5, 5.41) is 0. The van der Waals surface area contributed by atoms with Gasteiger partial charge in [0.25, 0.3) is 0 Å². The second kappa shape index (κ2) is 11.5. The molecule has 0 saturated carbocycles. The van der Waals surface area contributed by atoms with E-state index < -0.39 is 0 Å². The fourth-order valence-corrected chi connectivity index (χ4v) is 5.77. The van der Waals surface area contributed by atoms with Crippen LogP contribution in [0.5, 0.6) is 17.2 Å². The van der Waals surface area contributed by atoms with Crippen LogP contribution < -0.4 is 14.2 Å². The molecule has 2 aromatic carbocycles. The van der Waals surface area contributed by atoms with Crippen LogP contribution in [0.15, 0.2) is 48.7 Å². The van der Waals surface area contributed by atoms with Gasteiger partial charge in [0.1, 0.15) is 23.1 Å². The predicted octanol–water partition coefficient (Wildman–Crippen LogP) is 4.63. The molecule has 3 heterocycles. The highest BCUT2D eigenvalue weighted by atomic mass is 16.5. The van der Waals surface area contributed by atoms with Gasteiger partial charge in [0, 0.05) is 37.0 Å². The van der Waals surface area contributed by atoms with Crippen molar-refractivity contribution in [2.75, 3.05) is 48.0 Å². The quantitative estimate of drug-likeness (QED) is 0.412. The number of benzene rings is 2. The van der Waals surface area contributed by atoms with Crippen molar-refractivity contribution in [1.29, 1.82) is 0 Å². The standard InChI is InChI=1S/C30H38N4O4/c1-32-27(16-23(30(32)35)18-33-13-6-5-7-14-33)29-31-26(21-9-8-10-24(15-21)36-2)20-34(29)19-22-11-12-25(37-3)17-28(22)38-4/h8-12,15,17,20,23,27H,5-7,13-14,16,18-19H2,1-4H3/t23-,27+/m1/s1. The van der Waals surface area contributed by atoms with Gasteiger partial charge in [0.05, 0.1) is 45.5 Å². The molecule has 8 nitrogen and oxygen atoms in total. The molecule has 38 heavy (non-hydrogen) atoms. The third-order valence-electron chi connectivity index (χ3n) is 7.91. The zero-order chi connectivity index (χ0) is 26.6. The molecule has 202 valence electrons. The molecule has 2 aliphatic rings. The van der Waals surface area contributed by atoms with E-state index in [-0.39, 0.29) is 17.9 Å². The van der Waals surface area contributed by atoms with Gasteiger partial charge >= 0.3 is 0 Å². The molecule has 2 aliphatic heterocycles. The van der Waals surface area contributed by atoms with Crippen molar-refractivity contribution in [2.24, 2.45) is 5.92 Å². The third kappa shape index (κ3) is 5.36. The van der Waals surface area contributed by atoms with Gasteiger partial charge in [-0.05, 0) is 56.6 Å². The van der Waals surface area contributed by atoms with Gasteiger partial charge in [-0.1, -0.05) is 18.6 Å². The molecule has 1 amide bonds. The van der Waals surface area contributed by atoms with Crippen LogP contribution in [0, 0.1) is 5.92 Å². The molecular formula is C30H38N4O4. The van der Waals surface area contributed by atoms with Crippen LogP contribution in [0.2, 0.25) is 0 Å². The van der Waals surface area contributed by atoms with E-state index in [1.807, 2.05) is 54.4 Å². The number of ether oxygens (including phenoxy) is 3. The highest BCUT2D eigenvalue weighted by Crippen LogP contribution is 2.38. The SMILES string of the molecule is COc1cccc(-c2cn(Cc3ccc(OC)cc3OC)c([C@@H]3C[C@H](CN4CCCCC4)C(=O)N3C)n2)c1.